The quantitative estimate of drug-likeness (QED) is 0.803. The summed E-state index contributed by atoms with van der Waals surface area (Å²) in [5.74, 6) is -0.0633. The Morgan fingerprint density at radius 3 is 2.38 bits per heavy atom. The first-order valence-electron chi connectivity index (χ1n) is 9.11. The van der Waals surface area contributed by atoms with E-state index >= 15 is 0 Å². The number of alkyl halides is 3. The normalized spacial score (nSPS) is 20.9. The molecule has 1 saturated heterocycles. The topological polar surface area (TPSA) is 41.1 Å². The Morgan fingerprint density at radius 2 is 1.77 bits per heavy atom. The van der Waals surface area contributed by atoms with Crippen LogP contribution in [0.1, 0.15) is 56.1 Å². The molecule has 0 radical (unpaired) electrons. The Kier molecular flexibility index (Phi) is 6.97. The third-order valence-corrected chi connectivity index (χ3v) is 5.52. The first-order chi connectivity index (χ1) is 11.9. The highest BCUT2D eigenvalue weighted by molar-refractivity contribution is 5.85. The number of benzene rings is 1. The molecule has 3 rings (SSSR count). The summed E-state index contributed by atoms with van der Waals surface area (Å²) in [5.41, 5.74) is -0.725. The van der Waals surface area contributed by atoms with Gasteiger partial charge in [-0.15, -0.1) is 12.4 Å². The lowest BCUT2D eigenvalue weighted by Crippen LogP contribution is -2.50. The lowest BCUT2D eigenvalue weighted by molar-refractivity contribution is -0.137. The number of hydrogen-bond acceptors (Lipinski definition) is 2. The van der Waals surface area contributed by atoms with E-state index in [4.69, 9.17) is 0 Å². The van der Waals surface area contributed by atoms with Gasteiger partial charge in [-0.25, -0.2) is 0 Å². The van der Waals surface area contributed by atoms with Crippen molar-refractivity contribution >= 4 is 18.3 Å². The maximum absolute atomic E-state index is 13.1. The fourth-order valence-electron chi connectivity index (χ4n) is 4.06. The van der Waals surface area contributed by atoms with Crippen LogP contribution in [-0.2, 0) is 16.5 Å². The van der Waals surface area contributed by atoms with Crippen LogP contribution in [0.4, 0.5) is 13.2 Å². The van der Waals surface area contributed by atoms with Crippen LogP contribution in [0.25, 0.3) is 0 Å². The van der Waals surface area contributed by atoms with Crippen molar-refractivity contribution in [2.24, 2.45) is 5.92 Å². The molecule has 2 fully saturated rings. The van der Waals surface area contributed by atoms with E-state index in [1.807, 2.05) is 0 Å². The van der Waals surface area contributed by atoms with Crippen molar-refractivity contribution in [3.05, 3.63) is 35.4 Å². The Labute approximate surface area is 158 Å². The van der Waals surface area contributed by atoms with E-state index in [0.29, 0.717) is 18.4 Å². The molecule has 1 aliphatic carbocycles. The molecule has 1 aliphatic heterocycles. The molecule has 1 heterocycles. The minimum Gasteiger partial charge on any atom is -0.346 e. The smallest absolute Gasteiger partial charge is 0.346 e. The Morgan fingerprint density at radius 1 is 1.12 bits per heavy atom. The third-order valence-electron chi connectivity index (χ3n) is 5.52. The van der Waals surface area contributed by atoms with Gasteiger partial charge in [0.1, 0.15) is 0 Å². The second kappa shape index (κ2) is 8.61. The Balaban J connectivity index is 0.00000243. The third kappa shape index (κ3) is 4.71. The Bertz CT molecular complexity index is 609. The average Bonchev–Trinajstić information content (AvgIpc) is 2.62. The summed E-state index contributed by atoms with van der Waals surface area (Å²) in [5, 5.41) is 6.40. The van der Waals surface area contributed by atoms with Gasteiger partial charge in [-0.05, 0) is 56.5 Å². The molecular formula is C19H26ClF3N2O. The van der Waals surface area contributed by atoms with Crippen LogP contribution in [0.15, 0.2) is 24.3 Å². The first kappa shape index (κ1) is 21.0. The zero-order chi connectivity index (χ0) is 17.9. The fraction of sp³-hybridized carbons (Fsp3) is 0.632. The zero-order valence-corrected chi connectivity index (χ0v) is 15.5. The lowest BCUT2D eigenvalue weighted by atomic mass is 9.75. The molecule has 1 amide bonds. The van der Waals surface area contributed by atoms with Crippen LogP contribution in [0.2, 0.25) is 0 Å². The minimum atomic E-state index is -4.37. The van der Waals surface area contributed by atoms with Crippen LogP contribution in [0.5, 0.6) is 0 Å². The number of piperidine rings is 1. The van der Waals surface area contributed by atoms with Crippen LogP contribution in [0.3, 0.4) is 0 Å². The number of halogens is 4. The van der Waals surface area contributed by atoms with E-state index in [1.165, 1.54) is 12.1 Å². The molecule has 2 N–H and O–H groups in total. The van der Waals surface area contributed by atoms with Crippen molar-refractivity contribution in [2.45, 2.75) is 56.7 Å². The average molecular weight is 391 g/mol. The highest BCUT2D eigenvalue weighted by atomic mass is 35.5. The van der Waals surface area contributed by atoms with E-state index in [-0.39, 0.29) is 24.2 Å². The van der Waals surface area contributed by atoms with Gasteiger partial charge in [-0.3, -0.25) is 4.79 Å². The SMILES string of the molecule is Cl.O=C(NC1(c2cccc(C(F)(F)F)c2)CCCCC1)C1CCNCC1. The molecule has 1 saturated carbocycles. The van der Waals surface area contributed by atoms with Gasteiger partial charge in [0.25, 0.3) is 0 Å². The van der Waals surface area contributed by atoms with Gasteiger partial charge in [0, 0.05) is 5.92 Å². The lowest BCUT2D eigenvalue weighted by Gasteiger charge is -2.40. The molecule has 1 aromatic rings. The molecule has 3 nitrogen and oxygen atoms in total. The highest BCUT2D eigenvalue weighted by Crippen LogP contribution is 2.40. The molecule has 0 unspecified atom stereocenters. The zero-order valence-electron chi connectivity index (χ0n) is 14.7. The van der Waals surface area contributed by atoms with Gasteiger partial charge in [0.2, 0.25) is 5.91 Å². The molecule has 0 bridgehead atoms. The van der Waals surface area contributed by atoms with Gasteiger partial charge in [-0.1, -0.05) is 31.4 Å². The summed E-state index contributed by atoms with van der Waals surface area (Å²) in [4.78, 5) is 12.8. The highest BCUT2D eigenvalue weighted by Gasteiger charge is 2.39. The van der Waals surface area contributed by atoms with Crippen molar-refractivity contribution in [1.82, 2.24) is 10.6 Å². The number of amides is 1. The monoisotopic (exact) mass is 390 g/mol. The van der Waals surface area contributed by atoms with Crippen molar-refractivity contribution in [2.75, 3.05) is 13.1 Å². The molecule has 0 aromatic heterocycles. The van der Waals surface area contributed by atoms with Crippen molar-refractivity contribution in [3.8, 4) is 0 Å². The molecule has 0 spiro atoms. The largest absolute Gasteiger partial charge is 0.416 e. The summed E-state index contributed by atoms with van der Waals surface area (Å²) in [6.07, 6.45) is 1.49. The second-order valence-corrected chi connectivity index (χ2v) is 7.23. The van der Waals surface area contributed by atoms with Crippen LogP contribution in [-0.4, -0.2) is 19.0 Å². The molecular weight excluding hydrogens is 365 g/mol. The van der Waals surface area contributed by atoms with Crippen LogP contribution in [0, 0.1) is 5.92 Å². The molecule has 146 valence electrons. The van der Waals surface area contributed by atoms with Gasteiger partial charge in [0.15, 0.2) is 0 Å². The predicted octanol–water partition coefficient (Wildman–Crippen LogP) is 4.40. The second-order valence-electron chi connectivity index (χ2n) is 7.23. The summed E-state index contributed by atoms with van der Waals surface area (Å²) in [7, 11) is 0. The standard InChI is InChI=1S/C19H25F3N2O.ClH/c20-19(21,22)16-6-4-5-15(13-16)18(9-2-1-3-10-18)24-17(25)14-7-11-23-12-8-14;/h4-6,13-14,23H,1-3,7-12H2,(H,24,25);1H. The Hall–Kier alpha value is -1.27. The molecule has 26 heavy (non-hydrogen) atoms. The van der Waals surface area contributed by atoms with Gasteiger partial charge >= 0.3 is 6.18 Å². The summed E-state index contributed by atoms with van der Waals surface area (Å²) in [6.45, 7) is 1.63. The maximum atomic E-state index is 13.1. The maximum Gasteiger partial charge on any atom is 0.416 e. The van der Waals surface area contributed by atoms with E-state index in [9.17, 15) is 18.0 Å². The summed E-state index contributed by atoms with van der Waals surface area (Å²) >= 11 is 0. The molecule has 0 atom stereocenters. The summed E-state index contributed by atoms with van der Waals surface area (Å²) < 4.78 is 39.4. The van der Waals surface area contributed by atoms with E-state index in [2.05, 4.69) is 10.6 Å². The molecule has 7 heteroatoms. The van der Waals surface area contributed by atoms with Crippen LogP contribution >= 0.6 is 12.4 Å². The predicted molar refractivity (Wildman–Crippen MR) is 97.2 cm³/mol. The van der Waals surface area contributed by atoms with Crippen molar-refractivity contribution in [3.63, 3.8) is 0 Å². The number of hydrogen-bond donors (Lipinski definition) is 2. The fourth-order valence-corrected chi connectivity index (χ4v) is 4.06. The number of rotatable bonds is 3. The molecule has 2 aliphatic rings. The van der Waals surface area contributed by atoms with E-state index in [1.54, 1.807) is 6.07 Å². The molecule has 1 aromatic carbocycles. The van der Waals surface area contributed by atoms with Crippen molar-refractivity contribution < 1.29 is 18.0 Å². The van der Waals surface area contributed by atoms with Crippen LogP contribution < -0.4 is 10.6 Å². The number of carbonyl (C=O) groups is 1. The van der Waals surface area contributed by atoms with Gasteiger partial charge < -0.3 is 10.6 Å². The first-order valence-corrected chi connectivity index (χ1v) is 9.11. The summed E-state index contributed by atoms with van der Waals surface area (Å²) in [6, 6.07) is 5.48. The van der Waals surface area contributed by atoms with Gasteiger partial charge in [-0.2, -0.15) is 13.2 Å². The van der Waals surface area contributed by atoms with E-state index in [0.717, 1.165) is 51.3 Å². The van der Waals surface area contributed by atoms with E-state index < -0.39 is 17.3 Å². The van der Waals surface area contributed by atoms with Crippen molar-refractivity contribution in [1.29, 1.82) is 0 Å². The number of nitrogens with one attached hydrogen (secondary N) is 2. The van der Waals surface area contributed by atoms with Gasteiger partial charge in [0.05, 0.1) is 11.1 Å². The minimum absolute atomic E-state index is 0. The number of carbonyl (C=O) groups excluding carboxylic acids is 1.